The highest BCUT2D eigenvalue weighted by molar-refractivity contribution is 7.91. The van der Waals surface area contributed by atoms with Gasteiger partial charge in [0, 0.05) is 6.54 Å². The fourth-order valence-electron chi connectivity index (χ4n) is 1.58. The van der Waals surface area contributed by atoms with E-state index in [0.29, 0.717) is 18.0 Å². The molecule has 0 atom stereocenters. The molecule has 0 fully saturated rings. The van der Waals surface area contributed by atoms with Crippen molar-refractivity contribution in [2.45, 2.75) is 11.4 Å². The van der Waals surface area contributed by atoms with Gasteiger partial charge in [0.05, 0.1) is 23.5 Å². The molecule has 1 heterocycles. The molecule has 0 bridgehead atoms. The molecule has 1 aromatic carbocycles. The first kappa shape index (κ1) is 12.9. The van der Waals surface area contributed by atoms with Crippen LogP contribution >= 0.6 is 0 Å². The van der Waals surface area contributed by atoms with E-state index < -0.39 is 9.84 Å². The Hall–Kier alpha value is -1.59. The van der Waals surface area contributed by atoms with Gasteiger partial charge in [-0.2, -0.15) is 0 Å². The van der Waals surface area contributed by atoms with Crippen molar-refractivity contribution in [3.8, 4) is 0 Å². The molecular formula is C13H15NO3S. The van der Waals surface area contributed by atoms with Gasteiger partial charge in [0.25, 0.3) is 0 Å². The standard InChI is InChI=1S/C13H15NO3S/c15-18(16,13-6-2-1-3-7-13)10-8-14-11-12-5-4-9-17-12/h1-7,9,14H,8,10-11H2. The lowest BCUT2D eigenvalue weighted by Gasteiger charge is -2.05. The van der Waals surface area contributed by atoms with Gasteiger partial charge in [-0.25, -0.2) is 8.42 Å². The number of furan rings is 1. The molecule has 0 aliphatic carbocycles. The molecule has 18 heavy (non-hydrogen) atoms. The Kier molecular flexibility index (Phi) is 4.17. The average Bonchev–Trinajstić information content (AvgIpc) is 2.89. The molecule has 5 heteroatoms. The minimum Gasteiger partial charge on any atom is -0.468 e. The lowest BCUT2D eigenvalue weighted by atomic mass is 10.4. The number of hydrogen-bond acceptors (Lipinski definition) is 4. The number of benzene rings is 1. The van der Waals surface area contributed by atoms with Crippen molar-refractivity contribution in [2.24, 2.45) is 0 Å². The molecule has 0 aliphatic rings. The SMILES string of the molecule is O=S(=O)(CCNCc1ccco1)c1ccccc1. The van der Waals surface area contributed by atoms with E-state index in [0.717, 1.165) is 5.76 Å². The maximum Gasteiger partial charge on any atom is 0.179 e. The second-order valence-electron chi connectivity index (χ2n) is 3.89. The predicted octanol–water partition coefficient (Wildman–Crippen LogP) is 1.84. The number of nitrogens with one attached hydrogen (secondary N) is 1. The number of hydrogen-bond donors (Lipinski definition) is 1. The summed E-state index contributed by atoms with van der Waals surface area (Å²) < 4.78 is 29.0. The van der Waals surface area contributed by atoms with Crippen molar-refractivity contribution >= 4 is 9.84 Å². The maximum atomic E-state index is 11.9. The molecule has 0 saturated heterocycles. The third-order valence-corrected chi connectivity index (χ3v) is 4.26. The minimum absolute atomic E-state index is 0.0811. The molecule has 0 aliphatic heterocycles. The van der Waals surface area contributed by atoms with Gasteiger partial charge in [-0.05, 0) is 24.3 Å². The lowest BCUT2D eigenvalue weighted by molar-refractivity contribution is 0.487. The highest BCUT2D eigenvalue weighted by atomic mass is 32.2. The monoisotopic (exact) mass is 265 g/mol. The quantitative estimate of drug-likeness (QED) is 0.810. The van der Waals surface area contributed by atoms with Gasteiger partial charge < -0.3 is 9.73 Å². The Bertz CT molecular complexity index is 562. The molecule has 1 N–H and O–H groups in total. The zero-order valence-corrected chi connectivity index (χ0v) is 10.7. The van der Waals surface area contributed by atoms with Crippen LogP contribution in [0.25, 0.3) is 0 Å². The van der Waals surface area contributed by atoms with Crippen LogP contribution in [0.2, 0.25) is 0 Å². The molecule has 2 rings (SSSR count). The third kappa shape index (κ3) is 3.45. The largest absolute Gasteiger partial charge is 0.468 e. The number of rotatable bonds is 6. The van der Waals surface area contributed by atoms with Crippen molar-refractivity contribution in [1.82, 2.24) is 5.32 Å². The van der Waals surface area contributed by atoms with Gasteiger partial charge >= 0.3 is 0 Å². The fraction of sp³-hybridized carbons (Fsp3) is 0.231. The van der Waals surface area contributed by atoms with Gasteiger partial charge in [-0.15, -0.1) is 0 Å². The molecule has 0 radical (unpaired) electrons. The molecule has 0 spiro atoms. The van der Waals surface area contributed by atoms with Crippen LogP contribution in [-0.2, 0) is 16.4 Å². The van der Waals surface area contributed by atoms with Crippen LogP contribution in [0.15, 0.2) is 58.0 Å². The van der Waals surface area contributed by atoms with Crippen molar-refractivity contribution in [2.75, 3.05) is 12.3 Å². The summed E-state index contributed by atoms with van der Waals surface area (Å²) in [6.45, 7) is 0.940. The predicted molar refractivity (Wildman–Crippen MR) is 68.9 cm³/mol. The van der Waals surface area contributed by atoms with Gasteiger partial charge in [-0.1, -0.05) is 18.2 Å². The van der Waals surface area contributed by atoms with Crippen LogP contribution in [0.4, 0.5) is 0 Å². The van der Waals surface area contributed by atoms with E-state index in [4.69, 9.17) is 4.42 Å². The van der Waals surface area contributed by atoms with Crippen LogP contribution in [-0.4, -0.2) is 20.7 Å². The van der Waals surface area contributed by atoms with Crippen LogP contribution in [0.3, 0.4) is 0 Å². The van der Waals surface area contributed by atoms with E-state index in [-0.39, 0.29) is 5.75 Å². The molecule has 0 amide bonds. The normalized spacial score (nSPS) is 11.6. The first-order valence-electron chi connectivity index (χ1n) is 5.69. The van der Waals surface area contributed by atoms with Crippen molar-refractivity contribution in [3.63, 3.8) is 0 Å². The summed E-state index contributed by atoms with van der Waals surface area (Å²) in [5, 5.41) is 3.04. The van der Waals surface area contributed by atoms with E-state index >= 15 is 0 Å². The van der Waals surface area contributed by atoms with Gasteiger partial charge in [-0.3, -0.25) is 0 Å². The second kappa shape index (κ2) is 5.84. The third-order valence-electron chi connectivity index (χ3n) is 2.53. The molecule has 4 nitrogen and oxygen atoms in total. The van der Waals surface area contributed by atoms with Crippen molar-refractivity contribution < 1.29 is 12.8 Å². The van der Waals surface area contributed by atoms with Gasteiger partial charge in [0.1, 0.15) is 5.76 Å². The van der Waals surface area contributed by atoms with Crippen LogP contribution in [0.5, 0.6) is 0 Å². The summed E-state index contributed by atoms with van der Waals surface area (Å²) in [7, 11) is -3.19. The topological polar surface area (TPSA) is 59.3 Å². The van der Waals surface area contributed by atoms with Crippen molar-refractivity contribution in [3.05, 3.63) is 54.5 Å². The molecule has 96 valence electrons. The Morgan fingerprint density at radius 3 is 2.50 bits per heavy atom. The van der Waals surface area contributed by atoms with Crippen LogP contribution < -0.4 is 5.32 Å². The van der Waals surface area contributed by atoms with E-state index in [2.05, 4.69) is 5.32 Å². The first-order chi connectivity index (χ1) is 8.68. The number of sulfone groups is 1. The van der Waals surface area contributed by atoms with E-state index in [1.165, 1.54) is 0 Å². The summed E-state index contributed by atoms with van der Waals surface area (Å²) in [6, 6.07) is 12.1. The Balaban J connectivity index is 1.83. The summed E-state index contributed by atoms with van der Waals surface area (Å²) in [5.41, 5.74) is 0. The summed E-state index contributed by atoms with van der Waals surface area (Å²) in [4.78, 5) is 0.366. The zero-order chi connectivity index (χ0) is 12.8. The van der Waals surface area contributed by atoms with E-state index in [1.807, 2.05) is 6.07 Å². The van der Waals surface area contributed by atoms with Gasteiger partial charge in [0.2, 0.25) is 0 Å². The van der Waals surface area contributed by atoms with E-state index in [1.54, 1.807) is 42.7 Å². The maximum absolute atomic E-state index is 11.9. The fourth-order valence-corrected chi connectivity index (χ4v) is 2.80. The summed E-state index contributed by atoms with van der Waals surface area (Å²) >= 11 is 0. The van der Waals surface area contributed by atoms with Crippen molar-refractivity contribution in [1.29, 1.82) is 0 Å². The molecule has 1 aromatic heterocycles. The van der Waals surface area contributed by atoms with Crippen LogP contribution in [0.1, 0.15) is 5.76 Å². The minimum atomic E-state index is -3.19. The molecular weight excluding hydrogens is 250 g/mol. The second-order valence-corrected chi connectivity index (χ2v) is 6.00. The highest BCUT2D eigenvalue weighted by Crippen LogP contribution is 2.09. The van der Waals surface area contributed by atoms with Gasteiger partial charge in [0.15, 0.2) is 9.84 Å². The first-order valence-corrected chi connectivity index (χ1v) is 7.34. The summed E-state index contributed by atoms with van der Waals surface area (Å²) in [6.07, 6.45) is 1.59. The molecule has 0 saturated carbocycles. The zero-order valence-electron chi connectivity index (χ0n) is 9.87. The Labute approximate surface area is 107 Å². The molecule has 0 unspecified atom stereocenters. The highest BCUT2D eigenvalue weighted by Gasteiger charge is 2.12. The summed E-state index contributed by atoms with van der Waals surface area (Å²) in [5.74, 6) is 0.879. The van der Waals surface area contributed by atoms with Crippen LogP contribution in [0, 0.1) is 0 Å². The Morgan fingerprint density at radius 2 is 1.83 bits per heavy atom. The van der Waals surface area contributed by atoms with E-state index in [9.17, 15) is 8.42 Å². The average molecular weight is 265 g/mol. The molecule has 2 aromatic rings. The lowest BCUT2D eigenvalue weighted by Crippen LogP contribution is -2.22. The smallest absolute Gasteiger partial charge is 0.179 e. The Morgan fingerprint density at radius 1 is 1.06 bits per heavy atom.